The Kier molecular flexibility index (Phi) is 3.90. The van der Waals surface area contributed by atoms with Gasteiger partial charge in [-0.1, -0.05) is 5.16 Å². The molecule has 0 spiro atoms. The van der Waals surface area contributed by atoms with Crippen molar-refractivity contribution in [3.05, 3.63) is 11.7 Å². The van der Waals surface area contributed by atoms with Gasteiger partial charge in [-0.2, -0.15) is 4.98 Å². The number of nitrogens with zero attached hydrogens (tertiary/aromatic N) is 2. The van der Waals surface area contributed by atoms with E-state index in [0.29, 0.717) is 24.3 Å². The standard InChI is InChI=1S/C11H20N4O/c1-8-14-11(16-15-8)7-13-6-9-2-4-10(12)5-3-9/h9-10,13H,2-7,12H2,1H3. The van der Waals surface area contributed by atoms with Gasteiger partial charge < -0.3 is 15.6 Å². The third-order valence-electron chi connectivity index (χ3n) is 3.17. The Morgan fingerprint density at radius 1 is 1.38 bits per heavy atom. The number of hydrogen-bond acceptors (Lipinski definition) is 5. The molecule has 5 nitrogen and oxygen atoms in total. The predicted octanol–water partition coefficient (Wildman–Crippen LogP) is 0.985. The van der Waals surface area contributed by atoms with Crippen molar-refractivity contribution in [2.24, 2.45) is 11.7 Å². The van der Waals surface area contributed by atoms with Gasteiger partial charge in [0, 0.05) is 6.04 Å². The summed E-state index contributed by atoms with van der Waals surface area (Å²) in [7, 11) is 0. The maximum atomic E-state index is 5.87. The van der Waals surface area contributed by atoms with Gasteiger partial charge in [0.1, 0.15) is 0 Å². The molecule has 0 radical (unpaired) electrons. The van der Waals surface area contributed by atoms with Crippen LogP contribution in [0.3, 0.4) is 0 Å². The second kappa shape index (κ2) is 5.41. The molecular weight excluding hydrogens is 204 g/mol. The Morgan fingerprint density at radius 3 is 2.75 bits per heavy atom. The normalized spacial score (nSPS) is 25.9. The molecule has 0 aromatic carbocycles. The van der Waals surface area contributed by atoms with Gasteiger partial charge in [-0.05, 0) is 45.1 Å². The number of aryl methyl sites for hydroxylation is 1. The zero-order chi connectivity index (χ0) is 11.4. The first-order valence-electron chi connectivity index (χ1n) is 5.99. The SMILES string of the molecule is Cc1noc(CNCC2CCC(N)CC2)n1. The van der Waals surface area contributed by atoms with Gasteiger partial charge in [0.05, 0.1) is 6.54 Å². The van der Waals surface area contributed by atoms with E-state index in [9.17, 15) is 0 Å². The third kappa shape index (κ3) is 3.28. The fourth-order valence-electron chi connectivity index (χ4n) is 2.19. The monoisotopic (exact) mass is 224 g/mol. The molecule has 0 atom stereocenters. The quantitative estimate of drug-likeness (QED) is 0.797. The molecule has 16 heavy (non-hydrogen) atoms. The molecule has 0 bridgehead atoms. The zero-order valence-electron chi connectivity index (χ0n) is 9.78. The number of rotatable bonds is 4. The van der Waals surface area contributed by atoms with E-state index in [1.165, 1.54) is 12.8 Å². The van der Waals surface area contributed by atoms with Crippen LogP contribution < -0.4 is 11.1 Å². The molecule has 0 aliphatic heterocycles. The fourth-order valence-corrected chi connectivity index (χ4v) is 2.19. The van der Waals surface area contributed by atoms with Crippen molar-refractivity contribution in [2.75, 3.05) is 6.54 Å². The first kappa shape index (κ1) is 11.5. The average molecular weight is 224 g/mol. The molecule has 0 amide bonds. The summed E-state index contributed by atoms with van der Waals surface area (Å²) in [6.07, 6.45) is 4.78. The molecule has 1 fully saturated rings. The Bertz CT molecular complexity index is 318. The molecule has 1 aromatic heterocycles. The molecule has 0 saturated heterocycles. The Hall–Kier alpha value is -0.940. The van der Waals surface area contributed by atoms with Crippen molar-refractivity contribution in [1.82, 2.24) is 15.5 Å². The van der Waals surface area contributed by atoms with Gasteiger partial charge in [0.25, 0.3) is 0 Å². The number of aromatic nitrogens is 2. The lowest BCUT2D eigenvalue weighted by Gasteiger charge is -2.25. The van der Waals surface area contributed by atoms with Gasteiger partial charge in [-0.3, -0.25) is 0 Å². The minimum absolute atomic E-state index is 0.426. The summed E-state index contributed by atoms with van der Waals surface area (Å²) in [5.74, 6) is 2.12. The summed E-state index contributed by atoms with van der Waals surface area (Å²) in [5, 5.41) is 7.11. The summed E-state index contributed by atoms with van der Waals surface area (Å²) < 4.78 is 5.03. The van der Waals surface area contributed by atoms with Crippen LogP contribution in [0, 0.1) is 12.8 Å². The van der Waals surface area contributed by atoms with E-state index in [1.807, 2.05) is 6.92 Å². The third-order valence-corrected chi connectivity index (χ3v) is 3.17. The lowest BCUT2D eigenvalue weighted by Crippen LogP contribution is -2.31. The summed E-state index contributed by atoms with van der Waals surface area (Å²) in [4.78, 5) is 4.15. The molecule has 1 saturated carbocycles. The molecule has 1 aliphatic carbocycles. The molecule has 2 rings (SSSR count). The fraction of sp³-hybridized carbons (Fsp3) is 0.818. The molecule has 3 N–H and O–H groups in total. The van der Waals surface area contributed by atoms with Crippen molar-refractivity contribution in [1.29, 1.82) is 0 Å². The van der Waals surface area contributed by atoms with Crippen LogP contribution in [-0.2, 0) is 6.54 Å². The van der Waals surface area contributed by atoms with Crippen LogP contribution in [-0.4, -0.2) is 22.7 Å². The molecule has 0 unspecified atom stereocenters. The second-order valence-corrected chi connectivity index (χ2v) is 4.65. The average Bonchev–Trinajstić information content (AvgIpc) is 2.67. The van der Waals surface area contributed by atoms with E-state index < -0.39 is 0 Å². The Labute approximate surface area is 95.8 Å². The smallest absolute Gasteiger partial charge is 0.240 e. The van der Waals surface area contributed by atoms with Crippen LogP contribution in [0.4, 0.5) is 0 Å². The predicted molar refractivity (Wildman–Crippen MR) is 60.7 cm³/mol. The highest BCUT2D eigenvalue weighted by atomic mass is 16.5. The van der Waals surface area contributed by atoms with E-state index in [-0.39, 0.29) is 0 Å². The van der Waals surface area contributed by atoms with E-state index in [4.69, 9.17) is 10.3 Å². The van der Waals surface area contributed by atoms with Crippen molar-refractivity contribution < 1.29 is 4.52 Å². The van der Waals surface area contributed by atoms with Crippen LogP contribution in [0.1, 0.15) is 37.4 Å². The van der Waals surface area contributed by atoms with E-state index in [1.54, 1.807) is 0 Å². The van der Waals surface area contributed by atoms with Crippen LogP contribution in [0.25, 0.3) is 0 Å². The molecular formula is C11H20N4O. The highest BCUT2D eigenvalue weighted by molar-refractivity contribution is 4.82. The number of nitrogens with one attached hydrogen (secondary N) is 1. The molecule has 1 aliphatic rings. The van der Waals surface area contributed by atoms with Crippen molar-refractivity contribution in [3.8, 4) is 0 Å². The van der Waals surface area contributed by atoms with E-state index >= 15 is 0 Å². The van der Waals surface area contributed by atoms with Crippen LogP contribution in [0.5, 0.6) is 0 Å². The second-order valence-electron chi connectivity index (χ2n) is 4.65. The van der Waals surface area contributed by atoms with Crippen molar-refractivity contribution in [2.45, 2.75) is 45.2 Å². The molecule has 1 aromatic rings. The van der Waals surface area contributed by atoms with Gasteiger partial charge in [0.15, 0.2) is 5.82 Å². The Balaban J connectivity index is 1.64. The van der Waals surface area contributed by atoms with Gasteiger partial charge in [-0.25, -0.2) is 0 Å². The largest absolute Gasteiger partial charge is 0.338 e. The highest BCUT2D eigenvalue weighted by Crippen LogP contribution is 2.22. The number of hydrogen-bond donors (Lipinski definition) is 2. The summed E-state index contributed by atoms with van der Waals surface area (Å²) in [5.41, 5.74) is 5.87. The first-order valence-corrected chi connectivity index (χ1v) is 5.99. The van der Waals surface area contributed by atoms with Gasteiger partial charge in [0.2, 0.25) is 5.89 Å². The maximum Gasteiger partial charge on any atom is 0.240 e. The van der Waals surface area contributed by atoms with E-state index in [2.05, 4.69) is 15.5 Å². The minimum Gasteiger partial charge on any atom is -0.338 e. The topological polar surface area (TPSA) is 77.0 Å². The molecule has 1 heterocycles. The van der Waals surface area contributed by atoms with E-state index in [0.717, 1.165) is 25.3 Å². The minimum atomic E-state index is 0.426. The maximum absolute atomic E-state index is 5.87. The Morgan fingerprint density at radius 2 is 2.12 bits per heavy atom. The first-order chi connectivity index (χ1) is 7.74. The van der Waals surface area contributed by atoms with Crippen LogP contribution in [0.15, 0.2) is 4.52 Å². The number of nitrogens with two attached hydrogens (primary N) is 1. The zero-order valence-corrected chi connectivity index (χ0v) is 9.78. The molecule has 90 valence electrons. The molecule has 5 heteroatoms. The summed E-state index contributed by atoms with van der Waals surface area (Å²) in [6, 6.07) is 0.426. The van der Waals surface area contributed by atoms with Gasteiger partial charge >= 0.3 is 0 Å². The van der Waals surface area contributed by atoms with Crippen molar-refractivity contribution >= 4 is 0 Å². The lowest BCUT2D eigenvalue weighted by molar-refractivity contribution is 0.304. The van der Waals surface area contributed by atoms with Crippen LogP contribution in [0.2, 0.25) is 0 Å². The summed E-state index contributed by atoms with van der Waals surface area (Å²) in [6.45, 7) is 3.52. The van der Waals surface area contributed by atoms with Gasteiger partial charge in [-0.15, -0.1) is 0 Å². The van der Waals surface area contributed by atoms with Crippen LogP contribution >= 0.6 is 0 Å². The summed E-state index contributed by atoms with van der Waals surface area (Å²) >= 11 is 0. The highest BCUT2D eigenvalue weighted by Gasteiger charge is 2.18. The lowest BCUT2D eigenvalue weighted by atomic mass is 9.86. The van der Waals surface area contributed by atoms with Crippen molar-refractivity contribution in [3.63, 3.8) is 0 Å².